The van der Waals surface area contributed by atoms with Crippen molar-refractivity contribution in [1.82, 2.24) is 10.6 Å². The van der Waals surface area contributed by atoms with Crippen LogP contribution >= 0.6 is 0 Å². The quantitative estimate of drug-likeness (QED) is 0.650. The highest BCUT2D eigenvalue weighted by molar-refractivity contribution is 5.79. The van der Waals surface area contributed by atoms with Crippen molar-refractivity contribution in [1.29, 1.82) is 0 Å². The number of hydrogen-bond donors (Lipinski definition) is 2. The summed E-state index contributed by atoms with van der Waals surface area (Å²) in [6.45, 7) is 0.457. The minimum Gasteiger partial charge on any atom is -0.354 e. The van der Waals surface area contributed by atoms with Gasteiger partial charge in [-0.3, -0.25) is 4.99 Å². The highest BCUT2D eigenvalue weighted by atomic mass is 19.1. The van der Waals surface area contributed by atoms with Gasteiger partial charge in [-0.05, 0) is 18.9 Å². The van der Waals surface area contributed by atoms with Crippen LogP contribution in [0.25, 0.3) is 0 Å². The van der Waals surface area contributed by atoms with Gasteiger partial charge in [0.2, 0.25) is 0 Å². The number of aliphatic imine (C=N–C) groups is 1. The summed E-state index contributed by atoms with van der Waals surface area (Å²) >= 11 is 0. The predicted molar refractivity (Wildman–Crippen MR) is 76.6 cm³/mol. The molecule has 0 atom stereocenters. The van der Waals surface area contributed by atoms with Crippen molar-refractivity contribution in [2.24, 2.45) is 4.99 Å². The molecule has 0 heterocycles. The van der Waals surface area contributed by atoms with E-state index in [-0.39, 0.29) is 5.82 Å². The number of benzene rings is 1. The van der Waals surface area contributed by atoms with Crippen LogP contribution in [-0.2, 0) is 6.54 Å². The van der Waals surface area contributed by atoms with Crippen LogP contribution in [0.2, 0.25) is 0 Å². The van der Waals surface area contributed by atoms with Gasteiger partial charge in [0.1, 0.15) is 5.82 Å². The second kappa shape index (κ2) is 7.12. The van der Waals surface area contributed by atoms with E-state index in [4.69, 9.17) is 0 Å². The molecule has 104 valence electrons. The van der Waals surface area contributed by atoms with Crippen LogP contribution in [0.4, 0.5) is 4.39 Å². The second-order valence-corrected chi connectivity index (χ2v) is 5.00. The van der Waals surface area contributed by atoms with Crippen molar-refractivity contribution in [3.63, 3.8) is 0 Å². The van der Waals surface area contributed by atoms with E-state index in [1.165, 1.54) is 38.2 Å². The van der Waals surface area contributed by atoms with Gasteiger partial charge < -0.3 is 10.6 Å². The molecule has 2 rings (SSSR count). The molecule has 2 N–H and O–H groups in total. The molecular formula is C15H22FN3. The van der Waals surface area contributed by atoms with Crippen molar-refractivity contribution in [2.75, 3.05) is 7.05 Å². The molecule has 4 heteroatoms. The lowest BCUT2D eigenvalue weighted by molar-refractivity contribution is 0.410. The molecule has 3 nitrogen and oxygen atoms in total. The van der Waals surface area contributed by atoms with Crippen molar-refractivity contribution in [2.45, 2.75) is 44.7 Å². The van der Waals surface area contributed by atoms with E-state index in [9.17, 15) is 4.39 Å². The van der Waals surface area contributed by atoms with Crippen LogP contribution in [0, 0.1) is 5.82 Å². The standard InChI is InChI=1S/C15H22FN3/c1-17-15(19-13-8-3-2-4-9-13)18-11-12-7-5-6-10-14(12)16/h5-7,10,13H,2-4,8-9,11H2,1H3,(H2,17,18,19). The molecule has 0 amide bonds. The number of rotatable bonds is 3. The Morgan fingerprint density at radius 1 is 1.26 bits per heavy atom. The molecule has 0 aliphatic heterocycles. The number of hydrogen-bond acceptors (Lipinski definition) is 1. The van der Waals surface area contributed by atoms with Crippen LogP contribution in [0.15, 0.2) is 29.3 Å². The first-order valence-corrected chi connectivity index (χ1v) is 7.00. The third kappa shape index (κ3) is 4.23. The maximum atomic E-state index is 13.5. The molecule has 1 saturated carbocycles. The Morgan fingerprint density at radius 2 is 2.00 bits per heavy atom. The number of nitrogens with zero attached hydrogens (tertiary/aromatic N) is 1. The lowest BCUT2D eigenvalue weighted by Gasteiger charge is -2.24. The zero-order valence-electron chi connectivity index (χ0n) is 11.5. The van der Waals surface area contributed by atoms with Crippen LogP contribution < -0.4 is 10.6 Å². The van der Waals surface area contributed by atoms with E-state index < -0.39 is 0 Å². The molecule has 1 aliphatic rings. The van der Waals surface area contributed by atoms with Gasteiger partial charge in [0.15, 0.2) is 5.96 Å². The highest BCUT2D eigenvalue weighted by Gasteiger charge is 2.14. The van der Waals surface area contributed by atoms with E-state index in [1.54, 1.807) is 19.2 Å². The average Bonchev–Trinajstić information content (AvgIpc) is 2.46. The van der Waals surface area contributed by atoms with Crippen LogP contribution in [0.1, 0.15) is 37.7 Å². The molecule has 0 spiro atoms. The molecular weight excluding hydrogens is 241 g/mol. The molecule has 0 saturated heterocycles. The first-order chi connectivity index (χ1) is 9.29. The Labute approximate surface area is 114 Å². The molecule has 0 bridgehead atoms. The SMILES string of the molecule is CN=C(NCc1ccccc1F)NC1CCCCC1. The molecule has 1 fully saturated rings. The van der Waals surface area contributed by atoms with E-state index >= 15 is 0 Å². The number of halogens is 1. The summed E-state index contributed by atoms with van der Waals surface area (Å²) in [5.41, 5.74) is 0.661. The number of guanidine groups is 1. The van der Waals surface area contributed by atoms with Gasteiger partial charge in [0, 0.05) is 25.2 Å². The Hall–Kier alpha value is -1.58. The van der Waals surface area contributed by atoms with Gasteiger partial charge in [-0.15, -0.1) is 0 Å². The summed E-state index contributed by atoms with van der Waals surface area (Å²) in [6, 6.07) is 7.32. The summed E-state index contributed by atoms with van der Waals surface area (Å²) < 4.78 is 13.5. The van der Waals surface area contributed by atoms with E-state index in [0.29, 0.717) is 18.2 Å². The van der Waals surface area contributed by atoms with Crippen LogP contribution in [0.5, 0.6) is 0 Å². The topological polar surface area (TPSA) is 36.4 Å². The smallest absolute Gasteiger partial charge is 0.191 e. The van der Waals surface area contributed by atoms with Crippen molar-refractivity contribution in [3.8, 4) is 0 Å². The first kappa shape index (κ1) is 13.8. The summed E-state index contributed by atoms with van der Waals surface area (Å²) in [5.74, 6) is 0.582. The normalized spacial score (nSPS) is 17.3. The molecule has 1 aliphatic carbocycles. The summed E-state index contributed by atoms with van der Waals surface area (Å²) in [4.78, 5) is 4.20. The maximum absolute atomic E-state index is 13.5. The van der Waals surface area contributed by atoms with Crippen molar-refractivity contribution in [3.05, 3.63) is 35.6 Å². The number of nitrogens with one attached hydrogen (secondary N) is 2. The monoisotopic (exact) mass is 263 g/mol. The lowest BCUT2D eigenvalue weighted by Crippen LogP contribution is -2.43. The fourth-order valence-electron chi connectivity index (χ4n) is 2.46. The Morgan fingerprint density at radius 3 is 2.68 bits per heavy atom. The van der Waals surface area contributed by atoms with E-state index in [1.807, 2.05) is 6.07 Å². The zero-order valence-corrected chi connectivity index (χ0v) is 11.5. The Balaban J connectivity index is 1.84. The zero-order chi connectivity index (χ0) is 13.5. The minimum atomic E-state index is -0.178. The van der Waals surface area contributed by atoms with Gasteiger partial charge in [-0.25, -0.2) is 4.39 Å². The summed E-state index contributed by atoms with van der Waals surface area (Å²) in [6.07, 6.45) is 6.28. The van der Waals surface area contributed by atoms with Crippen LogP contribution in [0.3, 0.4) is 0 Å². The van der Waals surface area contributed by atoms with Crippen molar-refractivity contribution < 1.29 is 4.39 Å². The van der Waals surface area contributed by atoms with Gasteiger partial charge in [0.25, 0.3) is 0 Å². The third-order valence-electron chi connectivity index (χ3n) is 3.57. The van der Waals surface area contributed by atoms with Gasteiger partial charge in [-0.1, -0.05) is 37.5 Å². The molecule has 19 heavy (non-hydrogen) atoms. The Kier molecular flexibility index (Phi) is 5.19. The lowest BCUT2D eigenvalue weighted by atomic mass is 9.96. The molecule has 0 radical (unpaired) electrons. The first-order valence-electron chi connectivity index (χ1n) is 7.00. The predicted octanol–water partition coefficient (Wildman–Crippen LogP) is 2.82. The second-order valence-electron chi connectivity index (χ2n) is 5.00. The third-order valence-corrected chi connectivity index (χ3v) is 3.57. The van der Waals surface area contributed by atoms with E-state index in [0.717, 1.165) is 5.96 Å². The highest BCUT2D eigenvalue weighted by Crippen LogP contribution is 2.17. The molecule has 1 aromatic carbocycles. The summed E-state index contributed by atoms with van der Waals surface area (Å²) in [7, 11) is 1.75. The van der Waals surface area contributed by atoms with E-state index in [2.05, 4.69) is 15.6 Å². The fraction of sp³-hybridized carbons (Fsp3) is 0.533. The molecule has 0 aromatic heterocycles. The molecule has 1 aromatic rings. The van der Waals surface area contributed by atoms with Crippen molar-refractivity contribution >= 4 is 5.96 Å². The van der Waals surface area contributed by atoms with Gasteiger partial charge >= 0.3 is 0 Å². The van der Waals surface area contributed by atoms with Gasteiger partial charge in [0.05, 0.1) is 0 Å². The molecule has 0 unspecified atom stereocenters. The van der Waals surface area contributed by atoms with Gasteiger partial charge in [-0.2, -0.15) is 0 Å². The maximum Gasteiger partial charge on any atom is 0.191 e. The largest absolute Gasteiger partial charge is 0.354 e. The average molecular weight is 263 g/mol. The van der Waals surface area contributed by atoms with Crippen LogP contribution in [-0.4, -0.2) is 19.0 Å². The fourth-order valence-corrected chi connectivity index (χ4v) is 2.46. The minimum absolute atomic E-state index is 0.178. The Bertz CT molecular complexity index is 425. The summed E-state index contributed by atoms with van der Waals surface area (Å²) in [5, 5.41) is 6.58.